The summed E-state index contributed by atoms with van der Waals surface area (Å²) in [7, 11) is 1.79. The van der Waals surface area contributed by atoms with Gasteiger partial charge < -0.3 is 4.90 Å². The van der Waals surface area contributed by atoms with Gasteiger partial charge in [-0.05, 0) is 36.8 Å². The zero-order valence-electron chi connectivity index (χ0n) is 13.3. The summed E-state index contributed by atoms with van der Waals surface area (Å²) in [5, 5.41) is 2.00. The second kappa shape index (κ2) is 7.09. The molecule has 3 rings (SSSR count). The molecule has 0 saturated heterocycles. The Hall–Kier alpha value is -1.62. The summed E-state index contributed by atoms with van der Waals surface area (Å²) in [6, 6.07) is 13.1. The maximum Gasteiger partial charge on any atom is 0.227 e. The van der Waals surface area contributed by atoms with Crippen LogP contribution in [0.4, 0.5) is 0 Å². The molecule has 3 aromatic rings. The van der Waals surface area contributed by atoms with Crippen molar-refractivity contribution in [1.29, 1.82) is 0 Å². The largest absolute Gasteiger partial charge is 0.336 e. The Kier molecular flexibility index (Phi) is 5.09. The lowest BCUT2D eigenvalue weighted by molar-refractivity contribution is -0.131. The standard InChI is InChI=1S/C18H16Cl2N2OS/c1-11(18-21-15-5-3-4-6-16(15)24-18)22(2)17(23)9-12-7-8-13(19)10-14(12)20/h3-8,10-11H,9H2,1-2H3. The quantitative estimate of drug-likeness (QED) is 0.611. The zero-order valence-corrected chi connectivity index (χ0v) is 15.6. The molecule has 124 valence electrons. The molecule has 0 radical (unpaired) electrons. The molecule has 1 atom stereocenters. The predicted octanol–water partition coefficient (Wildman–Crippen LogP) is 5.37. The average Bonchev–Trinajstić information content (AvgIpc) is 3.00. The number of para-hydroxylation sites is 1. The van der Waals surface area contributed by atoms with E-state index in [2.05, 4.69) is 4.98 Å². The number of likely N-dealkylation sites (N-methyl/N-ethyl adjacent to an activating group) is 1. The van der Waals surface area contributed by atoms with Crippen LogP contribution in [0, 0.1) is 0 Å². The summed E-state index contributed by atoms with van der Waals surface area (Å²) in [4.78, 5) is 18.9. The third-order valence-electron chi connectivity index (χ3n) is 4.00. The molecule has 3 nitrogen and oxygen atoms in total. The number of carbonyl (C=O) groups excluding carboxylic acids is 1. The number of carbonyl (C=O) groups is 1. The smallest absolute Gasteiger partial charge is 0.227 e. The van der Waals surface area contributed by atoms with Crippen LogP contribution in [0.1, 0.15) is 23.5 Å². The van der Waals surface area contributed by atoms with E-state index in [4.69, 9.17) is 23.2 Å². The van der Waals surface area contributed by atoms with Gasteiger partial charge in [0, 0.05) is 17.1 Å². The van der Waals surface area contributed by atoms with Crippen molar-refractivity contribution >= 4 is 50.7 Å². The second-order valence-corrected chi connectivity index (χ2v) is 7.52. The normalized spacial score (nSPS) is 12.3. The zero-order chi connectivity index (χ0) is 17.3. The summed E-state index contributed by atoms with van der Waals surface area (Å²) < 4.78 is 1.13. The summed E-state index contributed by atoms with van der Waals surface area (Å²) in [6.07, 6.45) is 0.238. The third-order valence-corrected chi connectivity index (χ3v) is 5.79. The van der Waals surface area contributed by atoms with Crippen molar-refractivity contribution in [2.45, 2.75) is 19.4 Å². The molecule has 2 aromatic carbocycles. The number of thiazole rings is 1. The van der Waals surface area contributed by atoms with E-state index in [0.29, 0.717) is 10.0 Å². The van der Waals surface area contributed by atoms with E-state index in [1.54, 1.807) is 41.5 Å². The number of fused-ring (bicyclic) bond motifs is 1. The van der Waals surface area contributed by atoms with Crippen LogP contribution in [0.2, 0.25) is 10.0 Å². The second-order valence-electron chi connectivity index (χ2n) is 5.61. The van der Waals surface area contributed by atoms with E-state index >= 15 is 0 Å². The first-order chi connectivity index (χ1) is 11.5. The number of halogens is 2. The summed E-state index contributed by atoms with van der Waals surface area (Å²) >= 11 is 13.7. The predicted molar refractivity (Wildman–Crippen MR) is 101 cm³/mol. The molecule has 0 saturated carbocycles. The molecule has 0 aliphatic carbocycles. The van der Waals surface area contributed by atoms with Gasteiger partial charge in [0.2, 0.25) is 5.91 Å². The van der Waals surface area contributed by atoms with Crippen molar-refractivity contribution in [2.24, 2.45) is 0 Å². The average molecular weight is 379 g/mol. The van der Waals surface area contributed by atoms with Crippen LogP contribution in [-0.2, 0) is 11.2 Å². The minimum atomic E-state index is -0.0963. The van der Waals surface area contributed by atoms with Gasteiger partial charge in [0.1, 0.15) is 5.01 Å². The Labute approximate surface area is 154 Å². The van der Waals surface area contributed by atoms with Crippen molar-refractivity contribution in [3.63, 3.8) is 0 Å². The minimum absolute atomic E-state index is 0.00835. The Morgan fingerprint density at radius 2 is 2.00 bits per heavy atom. The van der Waals surface area contributed by atoms with Gasteiger partial charge in [-0.1, -0.05) is 41.4 Å². The van der Waals surface area contributed by atoms with Crippen LogP contribution >= 0.6 is 34.5 Å². The first kappa shape index (κ1) is 17.2. The molecule has 1 heterocycles. The Bertz CT molecular complexity index is 861. The number of rotatable bonds is 4. The van der Waals surface area contributed by atoms with E-state index in [9.17, 15) is 4.79 Å². The van der Waals surface area contributed by atoms with E-state index in [1.807, 2.05) is 31.2 Å². The monoisotopic (exact) mass is 378 g/mol. The molecular weight excluding hydrogens is 363 g/mol. The highest BCUT2D eigenvalue weighted by Crippen LogP contribution is 2.29. The fraction of sp³-hybridized carbons (Fsp3) is 0.222. The molecule has 24 heavy (non-hydrogen) atoms. The highest BCUT2D eigenvalue weighted by atomic mass is 35.5. The maximum absolute atomic E-state index is 12.6. The molecule has 1 amide bonds. The van der Waals surface area contributed by atoms with Crippen LogP contribution in [0.25, 0.3) is 10.2 Å². The highest BCUT2D eigenvalue weighted by molar-refractivity contribution is 7.18. The Morgan fingerprint density at radius 3 is 2.71 bits per heavy atom. The van der Waals surface area contributed by atoms with Crippen LogP contribution in [0.5, 0.6) is 0 Å². The minimum Gasteiger partial charge on any atom is -0.336 e. The molecular formula is C18H16Cl2N2OS. The summed E-state index contributed by atoms with van der Waals surface area (Å²) in [6.45, 7) is 1.99. The van der Waals surface area contributed by atoms with Crippen LogP contribution < -0.4 is 0 Å². The van der Waals surface area contributed by atoms with E-state index in [0.717, 1.165) is 20.8 Å². The van der Waals surface area contributed by atoms with Crippen molar-refractivity contribution in [2.75, 3.05) is 7.05 Å². The van der Waals surface area contributed by atoms with Gasteiger partial charge in [0.05, 0.1) is 22.7 Å². The molecule has 0 spiro atoms. The van der Waals surface area contributed by atoms with Gasteiger partial charge in [-0.15, -0.1) is 11.3 Å². The first-order valence-electron chi connectivity index (χ1n) is 7.51. The van der Waals surface area contributed by atoms with Gasteiger partial charge in [-0.3, -0.25) is 4.79 Å². The van der Waals surface area contributed by atoms with Gasteiger partial charge in [0.15, 0.2) is 0 Å². The van der Waals surface area contributed by atoms with Crippen molar-refractivity contribution in [3.8, 4) is 0 Å². The fourth-order valence-electron chi connectivity index (χ4n) is 2.40. The van der Waals surface area contributed by atoms with E-state index < -0.39 is 0 Å². The van der Waals surface area contributed by atoms with E-state index in [1.165, 1.54) is 0 Å². The third kappa shape index (κ3) is 3.56. The lowest BCUT2D eigenvalue weighted by Crippen LogP contribution is -2.31. The molecule has 0 fully saturated rings. The van der Waals surface area contributed by atoms with Crippen molar-refractivity contribution in [3.05, 3.63) is 63.1 Å². The van der Waals surface area contributed by atoms with E-state index in [-0.39, 0.29) is 18.4 Å². The molecule has 0 aliphatic heterocycles. The van der Waals surface area contributed by atoms with Crippen molar-refractivity contribution in [1.82, 2.24) is 9.88 Å². The maximum atomic E-state index is 12.6. The van der Waals surface area contributed by atoms with Crippen LogP contribution in [-0.4, -0.2) is 22.8 Å². The van der Waals surface area contributed by atoms with Crippen LogP contribution in [0.3, 0.4) is 0 Å². The molecule has 0 aliphatic rings. The fourth-order valence-corrected chi connectivity index (χ4v) is 3.94. The Balaban J connectivity index is 1.76. The number of hydrogen-bond donors (Lipinski definition) is 0. The van der Waals surface area contributed by atoms with Gasteiger partial charge in [-0.2, -0.15) is 0 Å². The first-order valence-corrected chi connectivity index (χ1v) is 9.08. The summed E-state index contributed by atoms with van der Waals surface area (Å²) in [5.41, 5.74) is 1.74. The van der Waals surface area contributed by atoms with Gasteiger partial charge in [0.25, 0.3) is 0 Å². The highest BCUT2D eigenvalue weighted by Gasteiger charge is 2.21. The number of amides is 1. The number of hydrogen-bond acceptors (Lipinski definition) is 3. The lowest BCUT2D eigenvalue weighted by Gasteiger charge is -2.23. The van der Waals surface area contributed by atoms with Gasteiger partial charge in [-0.25, -0.2) is 4.98 Å². The van der Waals surface area contributed by atoms with Crippen LogP contribution in [0.15, 0.2) is 42.5 Å². The SMILES string of the molecule is CC(c1nc2ccccc2s1)N(C)C(=O)Cc1ccc(Cl)cc1Cl. The molecule has 1 unspecified atom stereocenters. The van der Waals surface area contributed by atoms with Crippen molar-refractivity contribution < 1.29 is 4.79 Å². The molecule has 0 N–H and O–H groups in total. The summed E-state index contributed by atoms with van der Waals surface area (Å²) in [5.74, 6) is -0.00835. The van der Waals surface area contributed by atoms with Gasteiger partial charge >= 0.3 is 0 Å². The number of aromatic nitrogens is 1. The number of nitrogens with zero attached hydrogens (tertiary/aromatic N) is 2. The topological polar surface area (TPSA) is 33.2 Å². The lowest BCUT2D eigenvalue weighted by atomic mass is 10.1. The number of benzene rings is 2. The molecule has 6 heteroatoms. The molecule has 0 bridgehead atoms. The Morgan fingerprint density at radius 1 is 1.25 bits per heavy atom. The molecule has 1 aromatic heterocycles.